The van der Waals surface area contributed by atoms with Crippen LogP contribution in [-0.4, -0.2) is 65.2 Å². The lowest BCUT2D eigenvalue weighted by atomic mass is 10.2. The number of rotatable bonds is 4. The van der Waals surface area contributed by atoms with Crippen molar-refractivity contribution >= 4 is 23.4 Å². The first-order valence-electron chi connectivity index (χ1n) is 9.40. The molecule has 1 aromatic carbocycles. The van der Waals surface area contributed by atoms with Crippen LogP contribution < -0.4 is 4.90 Å². The van der Waals surface area contributed by atoms with E-state index in [0.717, 1.165) is 5.69 Å². The van der Waals surface area contributed by atoms with Gasteiger partial charge in [0.2, 0.25) is 5.91 Å². The molecule has 3 amide bonds. The lowest BCUT2D eigenvalue weighted by Gasteiger charge is -2.34. The number of hydrogen-bond acceptors (Lipinski definition) is 4. The molecule has 2 heterocycles. The Bertz CT molecular complexity index is 861. The molecule has 0 spiro atoms. The Morgan fingerprint density at radius 2 is 1.50 bits per heavy atom. The summed E-state index contributed by atoms with van der Waals surface area (Å²) >= 11 is 0. The average Bonchev–Trinajstić information content (AvgIpc) is 2.74. The second-order valence-corrected chi connectivity index (χ2v) is 6.59. The van der Waals surface area contributed by atoms with E-state index in [9.17, 15) is 14.4 Å². The molecular weight excluding hydrogens is 356 g/mol. The number of para-hydroxylation sites is 1. The molecule has 0 radical (unpaired) electrons. The number of piperazine rings is 1. The van der Waals surface area contributed by atoms with Crippen LogP contribution in [0.3, 0.4) is 0 Å². The molecular formula is C21H24N4O3. The Hall–Kier alpha value is -3.22. The highest BCUT2D eigenvalue weighted by Gasteiger charge is 2.25. The molecule has 7 heteroatoms. The van der Waals surface area contributed by atoms with Gasteiger partial charge < -0.3 is 14.7 Å². The van der Waals surface area contributed by atoms with Crippen LogP contribution in [0.15, 0.2) is 48.5 Å². The predicted molar refractivity (Wildman–Crippen MR) is 106 cm³/mol. The molecule has 2 aromatic rings. The zero-order chi connectivity index (χ0) is 20.1. The van der Waals surface area contributed by atoms with Crippen LogP contribution in [0, 0.1) is 0 Å². The van der Waals surface area contributed by atoms with E-state index in [1.807, 2.05) is 37.3 Å². The summed E-state index contributed by atoms with van der Waals surface area (Å²) < 4.78 is 0. The fourth-order valence-corrected chi connectivity index (χ4v) is 3.25. The molecule has 28 heavy (non-hydrogen) atoms. The molecule has 1 fully saturated rings. The predicted octanol–water partition coefficient (Wildman–Crippen LogP) is 2.05. The number of nitrogens with zero attached hydrogens (tertiary/aromatic N) is 4. The molecule has 1 aromatic heterocycles. The molecule has 0 bridgehead atoms. The largest absolute Gasteiger partial charge is 0.339 e. The third-order valence-corrected chi connectivity index (χ3v) is 4.83. The summed E-state index contributed by atoms with van der Waals surface area (Å²) in [7, 11) is 0. The second kappa shape index (κ2) is 8.65. The van der Waals surface area contributed by atoms with E-state index in [1.54, 1.807) is 32.9 Å². The van der Waals surface area contributed by atoms with Crippen LogP contribution in [0.4, 0.5) is 5.69 Å². The Labute approximate surface area is 164 Å². The van der Waals surface area contributed by atoms with Crippen LogP contribution in [0.2, 0.25) is 0 Å². The van der Waals surface area contributed by atoms with Crippen molar-refractivity contribution in [2.75, 3.05) is 37.6 Å². The van der Waals surface area contributed by atoms with Crippen molar-refractivity contribution in [1.82, 2.24) is 14.8 Å². The van der Waals surface area contributed by atoms with Crippen molar-refractivity contribution in [3.8, 4) is 0 Å². The fourth-order valence-electron chi connectivity index (χ4n) is 3.25. The van der Waals surface area contributed by atoms with Crippen LogP contribution in [0.5, 0.6) is 0 Å². The lowest BCUT2D eigenvalue weighted by Crippen LogP contribution is -2.50. The van der Waals surface area contributed by atoms with Crippen LogP contribution in [-0.2, 0) is 4.79 Å². The maximum Gasteiger partial charge on any atom is 0.276 e. The SMILES string of the molecule is CCN(C(=O)c1cccc(C(=O)N2CCN(C(C)=O)CC2)n1)c1ccccc1. The zero-order valence-corrected chi connectivity index (χ0v) is 16.2. The molecule has 0 atom stereocenters. The monoisotopic (exact) mass is 380 g/mol. The number of pyridine rings is 1. The third kappa shape index (κ3) is 4.19. The summed E-state index contributed by atoms with van der Waals surface area (Å²) in [6.45, 7) is 5.87. The van der Waals surface area contributed by atoms with Gasteiger partial charge in [0.25, 0.3) is 11.8 Å². The van der Waals surface area contributed by atoms with Crippen molar-refractivity contribution in [2.24, 2.45) is 0 Å². The van der Waals surface area contributed by atoms with E-state index in [0.29, 0.717) is 32.7 Å². The topological polar surface area (TPSA) is 73.8 Å². The Morgan fingerprint density at radius 3 is 2.11 bits per heavy atom. The van der Waals surface area contributed by atoms with Crippen LogP contribution in [0.1, 0.15) is 34.8 Å². The Balaban J connectivity index is 1.75. The van der Waals surface area contributed by atoms with Gasteiger partial charge >= 0.3 is 0 Å². The maximum atomic E-state index is 12.9. The third-order valence-electron chi connectivity index (χ3n) is 4.83. The van der Waals surface area contributed by atoms with E-state index in [-0.39, 0.29) is 29.1 Å². The molecule has 0 aliphatic carbocycles. The van der Waals surface area contributed by atoms with Gasteiger partial charge in [-0.3, -0.25) is 14.4 Å². The summed E-state index contributed by atoms with van der Waals surface area (Å²) in [5, 5.41) is 0. The van der Waals surface area contributed by atoms with E-state index in [2.05, 4.69) is 4.98 Å². The van der Waals surface area contributed by atoms with E-state index < -0.39 is 0 Å². The number of anilines is 1. The highest BCUT2D eigenvalue weighted by atomic mass is 16.2. The Kier molecular flexibility index (Phi) is 6.03. The number of aromatic nitrogens is 1. The maximum absolute atomic E-state index is 12.9. The van der Waals surface area contributed by atoms with Gasteiger partial charge in [-0.2, -0.15) is 0 Å². The molecule has 146 valence electrons. The highest BCUT2D eigenvalue weighted by Crippen LogP contribution is 2.16. The molecule has 7 nitrogen and oxygen atoms in total. The van der Waals surface area contributed by atoms with E-state index in [4.69, 9.17) is 0 Å². The molecule has 0 saturated carbocycles. The fraction of sp³-hybridized carbons (Fsp3) is 0.333. The molecule has 1 aliphatic heterocycles. The zero-order valence-electron chi connectivity index (χ0n) is 16.2. The first kappa shape index (κ1) is 19.5. The van der Waals surface area contributed by atoms with Gasteiger partial charge in [0.1, 0.15) is 11.4 Å². The summed E-state index contributed by atoms with van der Waals surface area (Å²) in [6, 6.07) is 14.3. The minimum atomic E-state index is -0.246. The van der Waals surface area contributed by atoms with Gasteiger partial charge in [-0.15, -0.1) is 0 Å². The smallest absolute Gasteiger partial charge is 0.276 e. The van der Waals surface area contributed by atoms with Crippen LogP contribution >= 0.6 is 0 Å². The summed E-state index contributed by atoms with van der Waals surface area (Å²) in [5.74, 6) is -0.455. The summed E-state index contributed by atoms with van der Waals surface area (Å²) in [6.07, 6.45) is 0. The standard InChI is InChI=1S/C21H24N4O3/c1-3-25(17-8-5-4-6-9-17)21(28)19-11-7-10-18(22-19)20(27)24-14-12-23(13-15-24)16(2)26/h4-11H,3,12-15H2,1-2H3. The lowest BCUT2D eigenvalue weighted by molar-refractivity contribution is -0.130. The van der Waals surface area contributed by atoms with Crippen LogP contribution in [0.25, 0.3) is 0 Å². The summed E-state index contributed by atoms with van der Waals surface area (Å²) in [4.78, 5) is 46.5. The summed E-state index contributed by atoms with van der Waals surface area (Å²) in [5.41, 5.74) is 1.26. The molecule has 3 rings (SSSR count). The van der Waals surface area contributed by atoms with E-state index in [1.165, 1.54) is 6.92 Å². The van der Waals surface area contributed by atoms with Crippen molar-refractivity contribution in [3.63, 3.8) is 0 Å². The number of carbonyl (C=O) groups excluding carboxylic acids is 3. The number of amides is 3. The van der Waals surface area contributed by atoms with Gasteiger partial charge in [0, 0.05) is 45.3 Å². The Morgan fingerprint density at radius 1 is 0.893 bits per heavy atom. The van der Waals surface area contributed by atoms with Gasteiger partial charge in [-0.05, 0) is 31.2 Å². The number of hydrogen-bond donors (Lipinski definition) is 0. The normalized spacial score (nSPS) is 13.9. The molecule has 0 N–H and O–H groups in total. The average molecular weight is 380 g/mol. The van der Waals surface area contributed by atoms with Gasteiger partial charge in [0.05, 0.1) is 0 Å². The molecule has 1 saturated heterocycles. The molecule has 1 aliphatic rings. The highest BCUT2D eigenvalue weighted by molar-refractivity contribution is 6.05. The molecule has 0 unspecified atom stereocenters. The van der Waals surface area contributed by atoms with Crippen molar-refractivity contribution in [3.05, 3.63) is 59.9 Å². The minimum absolute atomic E-state index is 0.0124. The first-order valence-corrected chi connectivity index (χ1v) is 9.40. The minimum Gasteiger partial charge on any atom is -0.339 e. The van der Waals surface area contributed by atoms with E-state index >= 15 is 0 Å². The van der Waals surface area contributed by atoms with Gasteiger partial charge in [-0.1, -0.05) is 24.3 Å². The van der Waals surface area contributed by atoms with Crippen molar-refractivity contribution in [1.29, 1.82) is 0 Å². The first-order chi connectivity index (χ1) is 13.5. The quantitative estimate of drug-likeness (QED) is 0.814. The van der Waals surface area contributed by atoms with Crippen molar-refractivity contribution in [2.45, 2.75) is 13.8 Å². The van der Waals surface area contributed by atoms with Crippen molar-refractivity contribution < 1.29 is 14.4 Å². The number of benzene rings is 1. The second-order valence-electron chi connectivity index (χ2n) is 6.59. The van der Waals surface area contributed by atoms with Gasteiger partial charge in [-0.25, -0.2) is 4.98 Å². The number of carbonyl (C=O) groups is 3. The van der Waals surface area contributed by atoms with Gasteiger partial charge in [0.15, 0.2) is 0 Å².